The smallest absolute Gasteiger partial charge is 0.416 e. The van der Waals surface area contributed by atoms with E-state index < -0.39 is 71.4 Å². The summed E-state index contributed by atoms with van der Waals surface area (Å²) in [6, 6.07) is 15.9. The summed E-state index contributed by atoms with van der Waals surface area (Å²) in [5, 5.41) is 10.9. The molecule has 4 aromatic rings. The second-order valence-electron chi connectivity index (χ2n) is 9.77. The van der Waals surface area contributed by atoms with Crippen molar-refractivity contribution in [1.29, 1.82) is 0 Å². The number of anilines is 1. The average molecular weight is 632 g/mol. The van der Waals surface area contributed by atoms with Gasteiger partial charge in [-0.1, -0.05) is 36.4 Å². The lowest BCUT2D eigenvalue weighted by molar-refractivity contribution is -0.139. The van der Waals surface area contributed by atoms with Crippen molar-refractivity contribution in [3.05, 3.63) is 130 Å². The van der Waals surface area contributed by atoms with E-state index in [9.17, 15) is 49.0 Å². The van der Waals surface area contributed by atoms with Gasteiger partial charge in [-0.3, -0.25) is 0 Å². The molecule has 1 unspecified atom stereocenters. The fourth-order valence-electron chi connectivity index (χ4n) is 4.47. The topological polar surface area (TPSA) is 32.7 Å². The van der Waals surface area contributed by atoms with Gasteiger partial charge in [-0.2, -0.15) is 39.5 Å². The molecule has 0 saturated heterocycles. The van der Waals surface area contributed by atoms with Crippen LogP contribution in [0.4, 0.5) is 49.6 Å². The highest BCUT2D eigenvalue weighted by atomic mass is 19.4. The number of ether oxygens (including phenoxy) is 1. The monoisotopic (exact) mass is 631 g/mol. The van der Waals surface area contributed by atoms with E-state index in [1.807, 2.05) is 0 Å². The Kier molecular flexibility index (Phi) is 9.47. The van der Waals surface area contributed by atoms with Gasteiger partial charge in [0.2, 0.25) is 0 Å². The van der Waals surface area contributed by atoms with Crippen molar-refractivity contribution in [3.8, 4) is 5.75 Å². The summed E-state index contributed by atoms with van der Waals surface area (Å²) >= 11 is 0. The van der Waals surface area contributed by atoms with Crippen LogP contribution in [-0.4, -0.2) is 11.7 Å². The van der Waals surface area contributed by atoms with Crippen LogP contribution in [0, 0.1) is 5.82 Å². The van der Waals surface area contributed by atoms with Crippen LogP contribution in [-0.2, 0) is 31.7 Å². The molecule has 0 aromatic heterocycles. The molecule has 3 nitrogen and oxygen atoms in total. The molecule has 0 aliphatic carbocycles. The van der Waals surface area contributed by atoms with Crippen LogP contribution in [0.25, 0.3) is 0 Å². The molecular weight excluding hydrogens is 608 g/mol. The number of alkyl halides is 9. The molecule has 4 aromatic carbocycles. The Morgan fingerprint density at radius 2 is 1.34 bits per heavy atom. The van der Waals surface area contributed by atoms with E-state index in [0.29, 0.717) is 18.2 Å². The predicted octanol–water partition coefficient (Wildman–Crippen LogP) is 9.20. The number of hydrogen-bond acceptors (Lipinski definition) is 3. The fourth-order valence-corrected chi connectivity index (χ4v) is 4.47. The number of benzene rings is 4. The van der Waals surface area contributed by atoms with Crippen LogP contribution in [0.1, 0.15) is 39.5 Å². The maximum atomic E-state index is 14.7. The van der Waals surface area contributed by atoms with Crippen LogP contribution in [0.5, 0.6) is 5.75 Å². The van der Waals surface area contributed by atoms with Crippen molar-refractivity contribution >= 4 is 5.69 Å². The molecule has 0 saturated carbocycles. The van der Waals surface area contributed by atoms with E-state index >= 15 is 0 Å². The van der Waals surface area contributed by atoms with Crippen molar-refractivity contribution in [2.75, 3.05) is 11.4 Å². The normalized spacial score (nSPS) is 13.1. The van der Waals surface area contributed by atoms with Crippen molar-refractivity contribution in [1.82, 2.24) is 0 Å². The first kappa shape index (κ1) is 32.6. The van der Waals surface area contributed by atoms with Gasteiger partial charge >= 0.3 is 18.5 Å². The Bertz CT molecular complexity index is 1580. The van der Waals surface area contributed by atoms with Gasteiger partial charge in [-0.15, -0.1) is 0 Å². The van der Waals surface area contributed by atoms with E-state index in [2.05, 4.69) is 0 Å². The fraction of sp³-hybridized carbons (Fsp3) is 0.226. The minimum Gasteiger partial charge on any atom is -0.489 e. The molecule has 0 bridgehead atoms. The van der Waals surface area contributed by atoms with Gasteiger partial charge in [-0.05, 0) is 59.7 Å². The predicted molar refractivity (Wildman–Crippen MR) is 141 cm³/mol. The maximum Gasteiger partial charge on any atom is 0.416 e. The van der Waals surface area contributed by atoms with Crippen molar-refractivity contribution in [2.45, 2.75) is 37.8 Å². The summed E-state index contributed by atoms with van der Waals surface area (Å²) in [6.07, 6.45) is -16.0. The highest BCUT2D eigenvalue weighted by Crippen LogP contribution is 2.36. The number of halogens is 10. The van der Waals surface area contributed by atoms with Crippen LogP contribution >= 0.6 is 0 Å². The lowest BCUT2D eigenvalue weighted by atomic mass is 10.0. The summed E-state index contributed by atoms with van der Waals surface area (Å²) in [4.78, 5) is 1.17. The SMILES string of the molecule is OC(CN(Cc1cc(C(F)(F)F)ccc1F)c1cccc(OCc2cccc(C(F)(F)F)c2)c1)c1ccccc1C(F)(F)F. The molecule has 0 spiro atoms. The van der Waals surface area contributed by atoms with E-state index in [0.717, 1.165) is 30.3 Å². The zero-order valence-electron chi connectivity index (χ0n) is 22.4. The first-order chi connectivity index (χ1) is 20.5. The van der Waals surface area contributed by atoms with E-state index in [4.69, 9.17) is 4.74 Å². The highest BCUT2D eigenvalue weighted by Gasteiger charge is 2.35. The van der Waals surface area contributed by atoms with Crippen LogP contribution < -0.4 is 9.64 Å². The Balaban J connectivity index is 1.67. The molecule has 44 heavy (non-hydrogen) atoms. The van der Waals surface area contributed by atoms with Gasteiger partial charge < -0.3 is 14.7 Å². The third kappa shape index (κ3) is 8.22. The van der Waals surface area contributed by atoms with Crippen molar-refractivity contribution < 1.29 is 53.7 Å². The van der Waals surface area contributed by atoms with Crippen LogP contribution in [0.15, 0.2) is 91.0 Å². The molecule has 0 aliphatic rings. The molecule has 0 radical (unpaired) electrons. The Morgan fingerprint density at radius 3 is 2.02 bits per heavy atom. The van der Waals surface area contributed by atoms with Crippen LogP contribution in [0.3, 0.4) is 0 Å². The highest BCUT2D eigenvalue weighted by molar-refractivity contribution is 5.52. The number of aliphatic hydroxyl groups excluding tert-OH is 1. The Hall–Kier alpha value is -4.26. The van der Waals surface area contributed by atoms with Gasteiger partial charge in [0.1, 0.15) is 18.2 Å². The number of rotatable bonds is 9. The van der Waals surface area contributed by atoms with Crippen molar-refractivity contribution in [2.24, 2.45) is 0 Å². The molecule has 0 amide bonds. The molecule has 234 valence electrons. The molecule has 1 atom stereocenters. The molecular formula is C31H23F10NO2. The third-order valence-corrected chi connectivity index (χ3v) is 6.60. The molecule has 1 N–H and O–H groups in total. The van der Waals surface area contributed by atoms with E-state index in [1.165, 1.54) is 47.4 Å². The second-order valence-corrected chi connectivity index (χ2v) is 9.77. The molecule has 13 heteroatoms. The van der Waals surface area contributed by atoms with Crippen molar-refractivity contribution in [3.63, 3.8) is 0 Å². The third-order valence-electron chi connectivity index (χ3n) is 6.60. The van der Waals surface area contributed by atoms with Gasteiger partial charge in [0.15, 0.2) is 0 Å². The molecule has 0 heterocycles. The zero-order chi connectivity index (χ0) is 32.3. The summed E-state index contributed by atoms with van der Waals surface area (Å²) in [5.74, 6) is -0.940. The maximum absolute atomic E-state index is 14.7. The summed E-state index contributed by atoms with van der Waals surface area (Å²) < 4.78 is 140. The second kappa shape index (κ2) is 12.8. The number of nitrogens with zero attached hydrogens (tertiary/aromatic N) is 1. The zero-order valence-corrected chi connectivity index (χ0v) is 22.4. The molecule has 4 rings (SSSR count). The largest absolute Gasteiger partial charge is 0.489 e. The minimum absolute atomic E-state index is 0.0830. The van der Waals surface area contributed by atoms with E-state index in [1.54, 1.807) is 0 Å². The Labute approximate surface area is 244 Å². The van der Waals surface area contributed by atoms with Gasteiger partial charge in [0.25, 0.3) is 0 Å². The van der Waals surface area contributed by atoms with Crippen LogP contribution in [0.2, 0.25) is 0 Å². The van der Waals surface area contributed by atoms with E-state index in [-0.39, 0.29) is 23.6 Å². The number of hydrogen-bond donors (Lipinski definition) is 1. The first-order valence-corrected chi connectivity index (χ1v) is 12.9. The summed E-state index contributed by atoms with van der Waals surface area (Å²) in [7, 11) is 0. The summed E-state index contributed by atoms with van der Waals surface area (Å²) in [6.45, 7) is -1.52. The standard InChI is InChI=1S/C31H23F10NO2/c32-27-12-11-22(30(36,37)38)14-20(27)16-42(17-28(43)25-9-1-2-10-26(25)31(39,40)41)23-7-4-8-24(15-23)44-18-19-5-3-6-21(13-19)29(33,34)35/h1-15,28,43H,16-18H2. The molecule has 0 aliphatic heterocycles. The van der Waals surface area contributed by atoms with Gasteiger partial charge in [0.05, 0.1) is 22.8 Å². The number of aliphatic hydroxyl groups is 1. The quantitative estimate of drug-likeness (QED) is 0.187. The van der Waals surface area contributed by atoms with Gasteiger partial charge in [0, 0.05) is 30.4 Å². The average Bonchev–Trinajstić information content (AvgIpc) is 2.95. The minimum atomic E-state index is -4.83. The van der Waals surface area contributed by atoms with Gasteiger partial charge in [-0.25, -0.2) is 4.39 Å². The first-order valence-electron chi connectivity index (χ1n) is 12.9. The lowest BCUT2D eigenvalue weighted by Gasteiger charge is -2.29. The summed E-state index contributed by atoms with van der Waals surface area (Å²) in [5.41, 5.74) is -3.85. The Morgan fingerprint density at radius 1 is 0.682 bits per heavy atom. The molecule has 0 fully saturated rings. The lowest BCUT2D eigenvalue weighted by Crippen LogP contribution is -2.30.